The van der Waals surface area contributed by atoms with Gasteiger partial charge in [-0.2, -0.15) is 4.31 Å². The highest BCUT2D eigenvalue weighted by Crippen LogP contribution is 2.22. The van der Waals surface area contributed by atoms with E-state index in [0.29, 0.717) is 18.8 Å². The van der Waals surface area contributed by atoms with E-state index < -0.39 is 16.0 Å². The summed E-state index contributed by atoms with van der Waals surface area (Å²) < 4.78 is 38.8. The molecule has 27 heavy (non-hydrogen) atoms. The van der Waals surface area contributed by atoms with Crippen LogP contribution in [0.3, 0.4) is 0 Å². The average Bonchev–Trinajstić information content (AvgIpc) is 2.63. The molecule has 0 radical (unpaired) electrons. The summed E-state index contributed by atoms with van der Waals surface area (Å²) in [4.78, 5) is 12.4. The minimum absolute atomic E-state index is 0.143. The van der Waals surface area contributed by atoms with Crippen molar-refractivity contribution >= 4 is 31.9 Å². The lowest BCUT2D eigenvalue weighted by Gasteiger charge is -2.34. The van der Waals surface area contributed by atoms with Crippen LogP contribution in [0.25, 0.3) is 0 Å². The van der Waals surface area contributed by atoms with Crippen molar-refractivity contribution in [3.63, 3.8) is 0 Å². The molecule has 2 aromatic carbocycles. The van der Waals surface area contributed by atoms with Gasteiger partial charge in [0.15, 0.2) is 0 Å². The largest absolute Gasteiger partial charge is 0.423 e. The molecule has 3 rings (SSSR count). The first-order valence-electron chi connectivity index (χ1n) is 8.49. The van der Waals surface area contributed by atoms with Gasteiger partial charge in [-0.3, -0.25) is 0 Å². The van der Waals surface area contributed by atoms with Gasteiger partial charge in [0.25, 0.3) is 0 Å². The molecule has 0 unspecified atom stereocenters. The molecule has 0 spiro atoms. The average molecular weight is 454 g/mol. The van der Waals surface area contributed by atoms with Crippen molar-refractivity contribution in [2.45, 2.75) is 31.0 Å². The quantitative estimate of drug-likeness (QED) is 0.523. The second-order valence-electron chi connectivity index (χ2n) is 6.45. The first-order chi connectivity index (χ1) is 12.8. The second kappa shape index (κ2) is 8.10. The summed E-state index contributed by atoms with van der Waals surface area (Å²) in [5.74, 6) is -0.133. The molecular weight excluding hydrogens is 434 g/mol. The minimum Gasteiger partial charge on any atom is -0.423 e. The first kappa shape index (κ1) is 20.0. The summed E-state index contributed by atoms with van der Waals surface area (Å²) in [6, 6.07) is 12.6. The third-order valence-corrected chi connectivity index (χ3v) is 6.51. The zero-order chi connectivity index (χ0) is 19.6. The van der Waals surface area contributed by atoms with Crippen LogP contribution in [0.1, 0.15) is 24.2 Å². The molecule has 0 aliphatic carbocycles. The smallest absolute Gasteiger partial charge is 0.343 e. The zero-order valence-corrected chi connectivity index (χ0v) is 17.4. The van der Waals surface area contributed by atoms with Crippen LogP contribution < -0.4 is 4.74 Å². The van der Waals surface area contributed by atoms with Gasteiger partial charge in [0, 0.05) is 17.6 Å². The Balaban J connectivity index is 1.74. The third kappa shape index (κ3) is 4.76. The summed E-state index contributed by atoms with van der Waals surface area (Å²) in [5, 5.41) is 0. The normalized spacial score (nSPS) is 21.0. The molecule has 6 nitrogen and oxygen atoms in total. The lowest BCUT2D eigenvalue weighted by molar-refractivity contribution is -0.0440. The predicted molar refractivity (Wildman–Crippen MR) is 104 cm³/mol. The standard InChI is InChI=1S/C19H20BrNO5S/c1-13-11-21(12-14(2)25-13)27(23,24)18-9-3-15(4-10-18)19(22)26-17-7-5-16(20)6-8-17/h3-10,13-14H,11-12H2,1-2H3/t13-,14-/m0/s1. The summed E-state index contributed by atoms with van der Waals surface area (Å²) in [6.45, 7) is 4.30. The number of halogens is 1. The molecule has 0 bridgehead atoms. The van der Waals surface area contributed by atoms with Crippen molar-refractivity contribution in [2.75, 3.05) is 13.1 Å². The SMILES string of the molecule is C[C@H]1CN(S(=O)(=O)c2ccc(C(=O)Oc3ccc(Br)cc3)cc2)C[C@H](C)O1. The van der Waals surface area contributed by atoms with E-state index in [1.807, 2.05) is 13.8 Å². The van der Waals surface area contributed by atoms with Crippen molar-refractivity contribution in [1.82, 2.24) is 4.31 Å². The Bertz CT molecular complexity index is 902. The Morgan fingerprint density at radius 1 is 1.04 bits per heavy atom. The Morgan fingerprint density at radius 2 is 1.59 bits per heavy atom. The molecule has 1 aliphatic heterocycles. The number of morpholine rings is 1. The predicted octanol–water partition coefficient (Wildman–Crippen LogP) is 3.47. The molecular formula is C19H20BrNO5S. The number of carbonyl (C=O) groups is 1. The van der Waals surface area contributed by atoms with Crippen LogP contribution in [0.5, 0.6) is 5.75 Å². The van der Waals surface area contributed by atoms with Crippen molar-refractivity contribution in [2.24, 2.45) is 0 Å². The number of ether oxygens (including phenoxy) is 2. The lowest BCUT2D eigenvalue weighted by atomic mass is 10.2. The molecule has 2 atom stereocenters. The van der Waals surface area contributed by atoms with E-state index in [2.05, 4.69) is 15.9 Å². The van der Waals surface area contributed by atoms with Crippen LogP contribution in [0.4, 0.5) is 0 Å². The molecule has 1 fully saturated rings. The van der Waals surface area contributed by atoms with Crippen molar-refractivity contribution < 1.29 is 22.7 Å². The lowest BCUT2D eigenvalue weighted by Crippen LogP contribution is -2.48. The third-order valence-electron chi connectivity index (χ3n) is 4.14. The summed E-state index contributed by atoms with van der Waals surface area (Å²) in [6.07, 6.45) is -0.327. The highest BCUT2D eigenvalue weighted by atomic mass is 79.9. The van der Waals surface area contributed by atoms with E-state index in [-0.39, 0.29) is 22.7 Å². The number of carbonyl (C=O) groups excluding carboxylic acids is 1. The van der Waals surface area contributed by atoms with Gasteiger partial charge in [-0.05, 0) is 62.4 Å². The van der Waals surface area contributed by atoms with Crippen LogP contribution >= 0.6 is 15.9 Å². The molecule has 2 aromatic rings. The van der Waals surface area contributed by atoms with Crippen LogP contribution in [0.15, 0.2) is 57.9 Å². The van der Waals surface area contributed by atoms with Gasteiger partial charge in [0.05, 0.1) is 22.7 Å². The van der Waals surface area contributed by atoms with E-state index in [1.54, 1.807) is 24.3 Å². The van der Waals surface area contributed by atoms with Crippen LogP contribution in [0, 0.1) is 0 Å². The van der Waals surface area contributed by atoms with E-state index >= 15 is 0 Å². The van der Waals surface area contributed by atoms with Gasteiger partial charge in [-0.25, -0.2) is 13.2 Å². The Labute approximate surface area is 167 Å². The number of rotatable bonds is 4. The Morgan fingerprint density at radius 3 is 2.15 bits per heavy atom. The second-order valence-corrected chi connectivity index (χ2v) is 9.30. The maximum Gasteiger partial charge on any atom is 0.343 e. The van der Waals surface area contributed by atoms with E-state index in [0.717, 1.165) is 4.47 Å². The maximum absolute atomic E-state index is 12.8. The number of hydrogen-bond donors (Lipinski definition) is 0. The van der Waals surface area contributed by atoms with Gasteiger partial charge >= 0.3 is 5.97 Å². The highest BCUT2D eigenvalue weighted by molar-refractivity contribution is 9.10. The van der Waals surface area contributed by atoms with Gasteiger partial charge < -0.3 is 9.47 Å². The number of esters is 1. The maximum atomic E-state index is 12.8. The van der Waals surface area contributed by atoms with Crippen LogP contribution in [-0.2, 0) is 14.8 Å². The Kier molecular flexibility index (Phi) is 6.00. The van der Waals surface area contributed by atoms with Gasteiger partial charge in [-0.15, -0.1) is 0 Å². The number of sulfonamides is 1. The van der Waals surface area contributed by atoms with E-state index in [9.17, 15) is 13.2 Å². The molecule has 0 aromatic heterocycles. The molecule has 0 amide bonds. The Hall–Kier alpha value is -1.74. The van der Waals surface area contributed by atoms with Crippen molar-refractivity contribution in [3.8, 4) is 5.75 Å². The van der Waals surface area contributed by atoms with Crippen LogP contribution in [0.2, 0.25) is 0 Å². The monoisotopic (exact) mass is 453 g/mol. The van der Waals surface area contributed by atoms with E-state index in [1.165, 1.54) is 28.6 Å². The summed E-state index contributed by atoms with van der Waals surface area (Å²) in [5.41, 5.74) is 0.278. The van der Waals surface area contributed by atoms with Crippen molar-refractivity contribution in [3.05, 3.63) is 58.6 Å². The number of benzene rings is 2. The number of hydrogen-bond acceptors (Lipinski definition) is 5. The zero-order valence-electron chi connectivity index (χ0n) is 15.0. The van der Waals surface area contributed by atoms with Gasteiger partial charge in [0.2, 0.25) is 10.0 Å². The number of nitrogens with zero attached hydrogens (tertiary/aromatic N) is 1. The van der Waals surface area contributed by atoms with Crippen molar-refractivity contribution in [1.29, 1.82) is 0 Å². The minimum atomic E-state index is -3.64. The molecule has 144 valence electrons. The van der Waals surface area contributed by atoms with Crippen LogP contribution in [-0.4, -0.2) is 44.0 Å². The molecule has 1 aliphatic rings. The molecule has 0 saturated carbocycles. The molecule has 1 heterocycles. The molecule has 8 heteroatoms. The topological polar surface area (TPSA) is 72.9 Å². The molecule has 1 saturated heterocycles. The van der Waals surface area contributed by atoms with E-state index in [4.69, 9.17) is 9.47 Å². The molecule has 0 N–H and O–H groups in total. The fourth-order valence-electron chi connectivity index (χ4n) is 2.91. The summed E-state index contributed by atoms with van der Waals surface area (Å²) >= 11 is 3.31. The van der Waals surface area contributed by atoms with Gasteiger partial charge in [-0.1, -0.05) is 15.9 Å². The fourth-order valence-corrected chi connectivity index (χ4v) is 4.76. The summed E-state index contributed by atoms with van der Waals surface area (Å²) in [7, 11) is -3.64. The first-order valence-corrected chi connectivity index (χ1v) is 10.7. The van der Waals surface area contributed by atoms with Gasteiger partial charge in [0.1, 0.15) is 5.75 Å². The highest BCUT2D eigenvalue weighted by Gasteiger charge is 2.32. The fraction of sp³-hybridized carbons (Fsp3) is 0.316.